The second-order valence-corrected chi connectivity index (χ2v) is 6.94. The summed E-state index contributed by atoms with van der Waals surface area (Å²) in [7, 11) is 0. The van der Waals surface area contributed by atoms with Crippen LogP contribution in [0.1, 0.15) is 32.1 Å². The second kappa shape index (κ2) is 7.25. The van der Waals surface area contributed by atoms with Gasteiger partial charge in [-0.1, -0.05) is 0 Å². The first-order chi connectivity index (χ1) is 11.1. The molecule has 1 aliphatic carbocycles. The average molecular weight is 319 g/mol. The van der Waals surface area contributed by atoms with Gasteiger partial charge in [-0.3, -0.25) is 19.3 Å². The SMILES string of the molecule is O=C(NC[C@@H]1CCNC1)C1CCC(CN2C(=O)C=CC2=O)CC1. The summed E-state index contributed by atoms with van der Waals surface area (Å²) in [5.41, 5.74) is 0. The maximum atomic E-state index is 12.2. The molecular weight excluding hydrogens is 294 g/mol. The van der Waals surface area contributed by atoms with Crippen molar-refractivity contribution in [1.29, 1.82) is 0 Å². The summed E-state index contributed by atoms with van der Waals surface area (Å²) < 4.78 is 0. The van der Waals surface area contributed by atoms with E-state index in [0.29, 0.717) is 18.4 Å². The Hall–Kier alpha value is -1.69. The standard InChI is InChI=1S/C17H25N3O3/c21-15-5-6-16(22)20(15)11-12-1-3-14(4-2-12)17(23)19-10-13-7-8-18-9-13/h5-6,12-14,18H,1-4,7-11H2,(H,19,23)/t12?,13-,14?/m1/s1. The largest absolute Gasteiger partial charge is 0.356 e. The maximum Gasteiger partial charge on any atom is 0.253 e. The average Bonchev–Trinajstić information content (AvgIpc) is 3.18. The number of nitrogens with zero attached hydrogens (tertiary/aromatic N) is 1. The molecule has 0 aromatic heterocycles. The molecule has 2 N–H and O–H groups in total. The summed E-state index contributed by atoms with van der Waals surface area (Å²) in [6, 6.07) is 0. The van der Waals surface area contributed by atoms with Gasteiger partial charge in [-0.15, -0.1) is 0 Å². The molecule has 6 nitrogen and oxygen atoms in total. The molecule has 1 atom stereocenters. The normalized spacial score (nSPS) is 31.0. The quantitative estimate of drug-likeness (QED) is 0.721. The van der Waals surface area contributed by atoms with Gasteiger partial charge in [0.1, 0.15) is 0 Å². The third kappa shape index (κ3) is 3.99. The molecule has 0 aromatic rings. The third-order valence-electron chi connectivity index (χ3n) is 5.29. The van der Waals surface area contributed by atoms with E-state index in [1.54, 1.807) is 0 Å². The summed E-state index contributed by atoms with van der Waals surface area (Å²) >= 11 is 0. The van der Waals surface area contributed by atoms with Crippen LogP contribution in [0.15, 0.2) is 12.2 Å². The van der Waals surface area contributed by atoms with Gasteiger partial charge in [0.05, 0.1) is 0 Å². The molecule has 0 unspecified atom stereocenters. The van der Waals surface area contributed by atoms with Crippen LogP contribution < -0.4 is 10.6 Å². The number of hydrogen-bond donors (Lipinski definition) is 2. The highest BCUT2D eigenvalue weighted by Crippen LogP contribution is 2.30. The molecule has 126 valence electrons. The highest BCUT2D eigenvalue weighted by Gasteiger charge is 2.31. The van der Waals surface area contributed by atoms with Crippen LogP contribution in [-0.4, -0.2) is 48.8 Å². The van der Waals surface area contributed by atoms with Crippen LogP contribution in [0.25, 0.3) is 0 Å². The minimum atomic E-state index is -0.208. The number of rotatable bonds is 5. The van der Waals surface area contributed by atoms with E-state index in [0.717, 1.165) is 51.7 Å². The number of carbonyl (C=O) groups excluding carboxylic acids is 3. The minimum absolute atomic E-state index is 0.0868. The highest BCUT2D eigenvalue weighted by molar-refractivity contribution is 6.12. The van der Waals surface area contributed by atoms with E-state index < -0.39 is 0 Å². The molecule has 0 spiro atoms. The number of carbonyl (C=O) groups is 3. The lowest BCUT2D eigenvalue weighted by molar-refractivity contribution is -0.138. The van der Waals surface area contributed by atoms with Crippen LogP contribution in [0.2, 0.25) is 0 Å². The molecule has 1 saturated carbocycles. The summed E-state index contributed by atoms with van der Waals surface area (Å²) in [4.78, 5) is 36.7. The van der Waals surface area contributed by atoms with E-state index in [4.69, 9.17) is 0 Å². The van der Waals surface area contributed by atoms with Crippen molar-refractivity contribution >= 4 is 17.7 Å². The summed E-state index contributed by atoms with van der Waals surface area (Å²) in [6.45, 7) is 3.31. The fourth-order valence-electron chi connectivity index (χ4n) is 3.75. The summed E-state index contributed by atoms with van der Waals surface area (Å²) in [5.74, 6) is 0.731. The molecule has 0 bridgehead atoms. The fourth-order valence-corrected chi connectivity index (χ4v) is 3.75. The Morgan fingerprint density at radius 3 is 2.39 bits per heavy atom. The van der Waals surface area contributed by atoms with Crippen molar-refractivity contribution in [2.45, 2.75) is 32.1 Å². The van der Waals surface area contributed by atoms with Crippen molar-refractivity contribution in [1.82, 2.24) is 15.5 Å². The summed E-state index contributed by atoms with van der Waals surface area (Å²) in [5, 5.41) is 6.40. The van der Waals surface area contributed by atoms with Crippen LogP contribution in [0.4, 0.5) is 0 Å². The molecule has 2 aliphatic heterocycles. The molecule has 6 heteroatoms. The summed E-state index contributed by atoms with van der Waals surface area (Å²) in [6.07, 6.45) is 7.31. The fraction of sp³-hybridized carbons (Fsp3) is 0.706. The van der Waals surface area contributed by atoms with E-state index >= 15 is 0 Å². The van der Waals surface area contributed by atoms with Gasteiger partial charge in [-0.25, -0.2) is 0 Å². The first kappa shape index (κ1) is 16.2. The Labute approximate surface area is 136 Å². The number of nitrogens with one attached hydrogen (secondary N) is 2. The molecule has 0 aromatic carbocycles. The minimum Gasteiger partial charge on any atom is -0.356 e. The topological polar surface area (TPSA) is 78.5 Å². The van der Waals surface area contributed by atoms with Gasteiger partial charge in [-0.05, 0) is 57.0 Å². The zero-order valence-corrected chi connectivity index (χ0v) is 13.4. The Morgan fingerprint density at radius 1 is 1.09 bits per heavy atom. The molecule has 3 amide bonds. The lowest BCUT2D eigenvalue weighted by atomic mass is 9.81. The maximum absolute atomic E-state index is 12.2. The van der Waals surface area contributed by atoms with Crippen molar-refractivity contribution in [3.05, 3.63) is 12.2 Å². The van der Waals surface area contributed by atoms with Crippen LogP contribution >= 0.6 is 0 Å². The van der Waals surface area contributed by atoms with E-state index in [2.05, 4.69) is 10.6 Å². The molecule has 3 aliphatic rings. The van der Waals surface area contributed by atoms with E-state index in [1.807, 2.05) is 0 Å². The van der Waals surface area contributed by atoms with Gasteiger partial charge in [0.2, 0.25) is 5.91 Å². The van der Waals surface area contributed by atoms with Gasteiger partial charge in [-0.2, -0.15) is 0 Å². The zero-order chi connectivity index (χ0) is 16.2. The predicted octanol–water partition coefficient (Wildman–Crippen LogP) is 0.443. The van der Waals surface area contributed by atoms with Crippen molar-refractivity contribution in [3.63, 3.8) is 0 Å². The number of hydrogen-bond acceptors (Lipinski definition) is 4. The van der Waals surface area contributed by atoms with Gasteiger partial charge in [0.15, 0.2) is 0 Å². The predicted molar refractivity (Wildman–Crippen MR) is 85.3 cm³/mol. The van der Waals surface area contributed by atoms with E-state index in [-0.39, 0.29) is 23.6 Å². The van der Waals surface area contributed by atoms with Crippen molar-refractivity contribution in [2.75, 3.05) is 26.2 Å². The highest BCUT2D eigenvalue weighted by atomic mass is 16.2. The van der Waals surface area contributed by atoms with Gasteiger partial charge < -0.3 is 10.6 Å². The Kier molecular flexibility index (Phi) is 5.10. The Morgan fingerprint density at radius 2 is 1.78 bits per heavy atom. The first-order valence-corrected chi connectivity index (χ1v) is 8.65. The zero-order valence-electron chi connectivity index (χ0n) is 13.4. The monoisotopic (exact) mass is 319 g/mol. The molecule has 2 heterocycles. The number of amides is 3. The smallest absolute Gasteiger partial charge is 0.253 e. The first-order valence-electron chi connectivity index (χ1n) is 8.65. The third-order valence-corrected chi connectivity index (χ3v) is 5.29. The lowest BCUT2D eigenvalue weighted by Gasteiger charge is -2.30. The van der Waals surface area contributed by atoms with E-state index in [9.17, 15) is 14.4 Å². The van der Waals surface area contributed by atoms with Gasteiger partial charge in [0, 0.05) is 31.2 Å². The number of imide groups is 1. The van der Waals surface area contributed by atoms with Crippen LogP contribution in [0.3, 0.4) is 0 Å². The molecule has 2 fully saturated rings. The van der Waals surface area contributed by atoms with Crippen LogP contribution in [-0.2, 0) is 14.4 Å². The molecule has 3 rings (SSSR count). The second-order valence-electron chi connectivity index (χ2n) is 6.94. The van der Waals surface area contributed by atoms with E-state index in [1.165, 1.54) is 17.1 Å². The van der Waals surface area contributed by atoms with Gasteiger partial charge >= 0.3 is 0 Å². The van der Waals surface area contributed by atoms with Crippen LogP contribution in [0, 0.1) is 17.8 Å². The Bertz CT molecular complexity index is 485. The lowest BCUT2D eigenvalue weighted by Crippen LogP contribution is -2.39. The molecular formula is C17H25N3O3. The molecule has 0 radical (unpaired) electrons. The van der Waals surface area contributed by atoms with Crippen LogP contribution in [0.5, 0.6) is 0 Å². The molecule has 1 saturated heterocycles. The van der Waals surface area contributed by atoms with Crippen molar-refractivity contribution in [2.24, 2.45) is 17.8 Å². The molecule has 23 heavy (non-hydrogen) atoms. The van der Waals surface area contributed by atoms with Crippen molar-refractivity contribution < 1.29 is 14.4 Å². The van der Waals surface area contributed by atoms with Gasteiger partial charge in [0.25, 0.3) is 11.8 Å². The van der Waals surface area contributed by atoms with Crippen molar-refractivity contribution in [3.8, 4) is 0 Å². The Balaban J connectivity index is 1.38.